The molecule has 0 heterocycles. The predicted octanol–water partition coefficient (Wildman–Crippen LogP) is 3.76. The Bertz CT molecular complexity index is 591. The van der Waals surface area contributed by atoms with Crippen LogP contribution in [0.4, 0.5) is 0 Å². The molecule has 0 aliphatic heterocycles. The van der Waals surface area contributed by atoms with Crippen LogP contribution in [0.1, 0.15) is 5.56 Å². The molecule has 0 bridgehead atoms. The first-order chi connectivity index (χ1) is 9.18. The van der Waals surface area contributed by atoms with Crippen molar-refractivity contribution in [2.24, 2.45) is 0 Å². The lowest BCUT2D eigenvalue weighted by Crippen LogP contribution is -2.04. The quantitative estimate of drug-likeness (QED) is 0.682. The molecule has 0 fully saturated rings. The Morgan fingerprint density at radius 2 is 1.47 bits per heavy atom. The average Bonchev–Trinajstić information content (AvgIpc) is 2.46. The van der Waals surface area contributed by atoms with Crippen molar-refractivity contribution in [2.45, 2.75) is 0 Å². The van der Waals surface area contributed by atoms with Crippen LogP contribution in [0.15, 0.2) is 65.7 Å². The molecule has 0 radical (unpaired) electrons. The molecule has 3 nitrogen and oxygen atoms in total. The van der Waals surface area contributed by atoms with Crippen LogP contribution >= 0.6 is 11.6 Å². The first-order valence-corrected chi connectivity index (χ1v) is 5.97. The van der Waals surface area contributed by atoms with Crippen molar-refractivity contribution >= 4 is 23.3 Å². The van der Waals surface area contributed by atoms with Gasteiger partial charge < -0.3 is 9.84 Å². The maximum atomic E-state index is 11.0. The van der Waals surface area contributed by atoms with Crippen LogP contribution in [0.3, 0.4) is 0 Å². The Labute approximate surface area is 115 Å². The summed E-state index contributed by atoms with van der Waals surface area (Å²) < 4.78 is 5.59. The lowest BCUT2D eigenvalue weighted by molar-refractivity contribution is -0.131. The minimum absolute atomic E-state index is 0.126. The smallest absolute Gasteiger partial charge is 0.351 e. The second kappa shape index (κ2) is 6.07. The highest BCUT2D eigenvalue weighted by Gasteiger charge is 2.16. The summed E-state index contributed by atoms with van der Waals surface area (Å²) in [7, 11) is 0. The number of carbonyl (C=O) groups is 1. The van der Waals surface area contributed by atoms with Crippen molar-refractivity contribution < 1.29 is 14.6 Å². The molecule has 0 saturated carbocycles. The molecule has 96 valence electrons. The normalized spacial score (nSPS) is 11.6. The van der Waals surface area contributed by atoms with Gasteiger partial charge in [0.15, 0.2) is 10.8 Å². The molecule has 2 aromatic carbocycles. The van der Waals surface area contributed by atoms with Gasteiger partial charge in [0.2, 0.25) is 0 Å². The van der Waals surface area contributed by atoms with E-state index >= 15 is 0 Å². The summed E-state index contributed by atoms with van der Waals surface area (Å²) >= 11 is 5.82. The Kier molecular flexibility index (Phi) is 4.21. The standard InChI is InChI=1S/C15H11ClO3/c16-13(15(17)18)14(11-7-3-1-4-8-11)19-12-9-5-2-6-10-12/h1-10H,(H,17,18)/b14-13-. The molecule has 0 saturated heterocycles. The molecular formula is C15H11ClO3. The van der Waals surface area contributed by atoms with Gasteiger partial charge in [-0.05, 0) is 12.1 Å². The topological polar surface area (TPSA) is 46.5 Å². The van der Waals surface area contributed by atoms with E-state index in [1.165, 1.54) is 0 Å². The third kappa shape index (κ3) is 3.36. The lowest BCUT2D eigenvalue weighted by atomic mass is 10.2. The van der Waals surface area contributed by atoms with Crippen LogP contribution in [-0.2, 0) is 4.79 Å². The molecule has 0 aromatic heterocycles. The second-order valence-corrected chi connectivity index (χ2v) is 4.11. The van der Waals surface area contributed by atoms with Gasteiger partial charge in [-0.1, -0.05) is 60.1 Å². The van der Waals surface area contributed by atoms with Gasteiger partial charge in [-0.15, -0.1) is 0 Å². The Hall–Kier alpha value is -2.26. The van der Waals surface area contributed by atoms with Gasteiger partial charge in [0.1, 0.15) is 5.75 Å². The minimum Gasteiger partial charge on any atom is -0.477 e. The zero-order valence-electron chi connectivity index (χ0n) is 9.92. The number of halogens is 1. The predicted molar refractivity (Wildman–Crippen MR) is 73.9 cm³/mol. The van der Waals surface area contributed by atoms with Gasteiger partial charge in [0, 0.05) is 5.56 Å². The minimum atomic E-state index is -1.23. The highest BCUT2D eigenvalue weighted by Crippen LogP contribution is 2.25. The summed E-state index contributed by atoms with van der Waals surface area (Å²) in [6.45, 7) is 0. The molecule has 4 heteroatoms. The van der Waals surface area contributed by atoms with E-state index < -0.39 is 5.97 Å². The van der Waals surface area contributed by atoms with Gasteiger partial charge in [-0.3, -0.25) is 0 Å². The Morgan fingerprint density at radius 1 is 0.947 bits per heavy atom. The number of benzene rings is 2. The van der Waals surface area contributed by atoms with Gasteiger partial charge in [-0.25, -0.2) is 4.79 Å². The molecule has 0 aliphatic carbocycles. The van der Waals surface area contributed by atoms with Gasteiger partial charge >= 0.3 is 5.97 Å². The van der Waals surface area contributed by atoms with Crippen LogP contribution in [0.5, 0.6) is 5.75 Å². The summed E-state index contributed by atoms with van der Waals surface area (Å²) in [5.74, 6) is -0.571. The van der Waals surface area contributed by atoms with E-state index in [2.05, 4.69) is 0 Å². The molecular weight excluding hydrogens is 264 g/mol. The highest BCUT2D eigenvalue weighted by atomic mass is 35.5. The van der Waals surface area contributed by atoms with Gasteiger partial charge in [0.05, 0.1) is 0 Å². The summed E-state index contributed by atoms with van der Waals surface area (Å²) in [5, 5.41) is 8.67. The Morgan fingerprint density at radius 3 is 2.00 bits per heavy atom. The molecule has 19 heavy (non-hydrogen) atoms. The SMILES string of the molecule is O=C(O)/C(Cl)=C(/Oc1ccccc1)c1ccccc1. The van der Waals surface area contributed by atoms with E-state index in [1.54, 1.807) is 48.5 Å². The number of rotatable bonds is 4. The number of ether oxygens (including phenoxy) is 1. The van der Waals surface area contributed by atoms with Crippen LogP contribution in [-0.4, -0.2) is 11.1 Å². The molecule has 0 unspecified atom stereocenters. The van der Waals surface area contributed by atoms with Crippen molar-refractivity contribution in [2.75, 3.05) is 0 Å². The maximum absolute atomic E-state index is 11.0. The van der Waals surface area contributed by atoms with Crippen LogP contribution < -0.4 is 4.74 Å². The molecule has 0 atom stereocenters. The number of aliphatic carboxylic acids is 1. The number of para-hydroxylation sites is 1. The fraction of sp³-hybridized carbons (Fsp3) is 0. The average molecular weight is 275 g/mol. The first-order valence-electron chi connectivity index (χ1n) is 5.60. The monoisotopic (exact) mass is 274 g/mol. The lowest BCUT2D eigenvalue weighted by Gasteiger charge is -2.11. The van der Waals surface area contributed by atoms with Crippen LogP contribution in [0.2, 0.25) is 0 Å². The highest BCUT2D eigenvalue weighted by molar-refractivity contribution is 6.43. The molecule has 1 N–H and O–H groups in total. The number of carboxylic acids is 1. The third-order valence-corrected chi connectivity index (χ3v) is 2.72. The number of hydrogen-bond donors (Lipinski definition) is 1. The Balaban J connectivity index is 2.42. The van der Waals surface area contributed by atoms with Crippen molar-refractivity contribution in [3.63, 3.8) is 0 Å². The van der Waals surface area contributed by atoms with E-state index in [1.807, 2.05) is 12.1 Å². The van der Waals surface area contributed by atoms with E-state index in [0.717, 1.165) is 0 Å². The summed E-state index contributed by atoms with van der Waals surface area (Å²) in [5.41, 5.74) is 0.610. The third-order valence-electron chi connectivity index (χ3n) is 2.39. The molecule has 2 rings (SSSR count). The molecule has 0 spiro atoms. The fourth-order valence-corrected chi connectivity index (χ4v) is 1.67. The summed E-state index contributed by atoms with van der Waals surface area (Å²) in [4.78, 5) is 11.0. The summed E-state index contributed by atoms with van der Waals surface area (Å²) in [6.07, 6.45) is 0. The fourth-order valence-electron chi connectivity index (χ4n) is 1.52. The zero-order valence-corrected chi connectivity index (χ0v) is 10.7. The first kappa shape index (κ1) is 13.2. The summed E-state index contributed by atoms with van der Waals surface area (Å²) in [6, 6.07) is 17.8. The van der Waals surface area contributed by atoms with E-state index in [-0.39, 0.29) is 10.8 Å². The maximum Gasteiger partial charge on any atom is 0.351 e. The van der Waals surface area contributed by atoms with Crippen molar-refractivity contribution in [1.29, 1.82) is 0 Å². The molecule has 0 amide bonds. The van der Waals surface area contributed by atoms with Gasteiger partial charge in [0.25, 0.3) is 0 Å². The van der Waals surface area contributed by atoms with Crippen molar-refractivity contribution in [1.82, 2.24) is 0 Å². The van der Waals surface area contributed by atoms with E-state index in [9.17, 15) is 4.79 Å². The number of carboxylic acid groups (broad SMARTS) is 1. The number of hydrogen-bond acceptors (Lipinski definition) is 2. The zero-order chi connectivity index (χ0) is 13.7. The van der Waals surface area contributed by atoms with Crippen LogP contribution in [0.25, 0.3) is 5.76 Å². The molecule has 0 aliphatic rings. The van der Waals surface area contributed by atoms with E-state index in [4.69, 9.17) is 21.4 Å². The van der Waals surface area contributed by atoms with Crippen molar-refractivity contribution in [3.05, 3.63) is 71.3 Å². The van der Waals surface area contributed by atoms with Crippen molar-refractivity contribution in [3.8, 4) is 5.75 Å². The second-order valence-electron chi connectivity index (χ2n) is 3.73. The van der Waals surface area contributed by atoms with Gasteiger partial charge in [-0.2, -0.15) is 0 Å². The largest absolute Gasteiger partial charge is 0.477 e. The van der Waals surface area contributed by atoms with Crippen LogP contribution in [0, 0.1) is 0 Å². The van der Waals surface area contributed by atoms with E-state index in [0.29, 0.717) is 11.3 Å². The molecule has 2 aromatic rings.